The maximum absolute atomic E-state index is 11.4. The number of hydrogen-bond donors (Lipinski definition) is 0. The summed E-state index contributed by atoms with van der Waals surface area (Å²) in [6.07, 6.45) is 0. The Labute approximate surface area is 190 Å². The van der Waals surface area contributed by atoms with Crippen molar-refractivity contribution in [2.45, 2.75) is 27.7 Å². The first-order chi connectivity index (χ1) is 15.0. The number of hydrogen-bond acceptors (Lipinski definition) is 9. The van der Waals surface area contributed by atoms with E-state index in [1.54, 1.807) is 20.8 Å². The molecule has 32 heavy (non-hydrogen) atoms. The Hall–Kier alpha value is -2.49. The van der Waals surface area contributed by atoms with Gasteiger partial charge in [-0.25, -0.2) is 14.4 Å². The smallest absolute Gasteiger partial charge is 0.333 e. The molecule has 182 valence electrons. The van der Waals surface area contributed by atoms with Crippen molar-refractivity contribution < 1.29 is 42.8 Å². The number of rotatable bonds is 18. The van der Waals surface area contributed by atoms with E-state index in [9.17, 15) is 14.4 Å². The highest BCUT2D eigenvalue weighted by molar-refractivity contribution is 5.87. The molecule has 0 aliphatic heterocycles. The molecule has 0 amide bonds. The summed E-state index contributed by atoms with van der Waals surface area (Å²) in [6.45, 7) is 18.8. The van der Waals surface area contributed by atoms with Crippen LogP contribution in [0.25, 0.3) is 0 Å². The highest BCUT2D eigenvalue weighted by Gasteiger charge is 2.26. The molecule has 0 spiro atoms. The van der Waals surface area contributed by atoms with E-state index in [-0.39, 0.29) is 59.5 Å². The van der Waals surface area contributed by atoms with E-state index in [4.69, 9.17) is 28.4 Å². The zero-order valence-electron chi connectivity index (χ0n) is 19.7. The molecule has 0 rings (SSSR count). The van der Waals surface area contributed by atoms with Crippen LogP contribution < -0.4 is 0 Å². The summed E-state index contributed by atoms with van der Waals surface area (Å²) >= 11 is 0. The predicted octanol–water partition coefficient (Wildman–Crippen LogP) is 2.40. The molecule has 0 N–H and O–H groups in total. The lowest BCUT2D eigenvalue weighted by atomic mass is 9.94. The van der Waals surface area contributed by atoms with Crippen LogP contribution in [-0.4, -0.2) is 77.4 Å². The molecule has 0 aromatic heterocycles. The molecule has 0 aliphatic rings. The average molecular weight is 457 g/mol. The van der Waals surface area contributed by atoms with Gasteiger partial charge >= 0.3 is 17.9 Å². The molecule has 0 atom stereocenters. The molecule has 0 fully saturated rings. The summed E-state index contributed by atoms with van der Waals surface area (Å²) in [5.74, 6) is -1.43. The van der Waals surface area contributed by atoms with Crippen LogP contribution in [-0.2, 0) is 42.8 Å². The average Bonchev–Trinajstić information content (AvgIpc) is 2.72. The van der Waals surface area contributed by atoms with Gasteiger partial charge in [0.05, 0.1) is 39.6 Å². The Bertz CT molecular complexity index is 578. The second-order valence-corrected chi connectivity index (χ2v) is 7.72. The minimum absolute atomic E-state index is 0.0944. The zero-order chi connectivity index (χ0) is 24.6. The van der Waals surface area contributed by atoms with Crippen LogP contribution in [0.1, 0.15) is 27.7 Å². The number of ether oxygens (including phenoxy) is 6. The monoisotopic (exact) mass is 456 g/mol. The fourth-order valence-corrected chi connectivity index (χ4v) is 2.03. The standard InChI is InChI=1S/C23H36O9/c1-17(2)20(24)30-11-8-27-14-23(7,15-28-9-12-31-21(25)18(3)4)16-29-10-13-32-22(26)19(5)6/h1,3,5,8-16H2,2,4,6-7H3. The molecule has 0 saturated carbocycles. The van der Waals surface area contributed by atoms with Crippen molar-refractivity contribution in [3.8, 4) is 0 Å². The van der Waals surface area contributed by atoms with E-state index in [0.717, 1.165) is 0 Å². The van der Waals surface area contributed by atoms with Crippen molar-refractivity contribution in [3.63, 3.8) is 0 Å². The number of esters is 3. The van der Waals surface area contributed by atoms with E-state index in [2.05, 4.69) is 19.7 Å². The minimum atomic E-state index is -0.547. The van der Waals surface area contributed by atoms with Crippen LogP contribution >= 0.6 is 0 Å². The van der Waals surface area contributed by atoms with E-state index >= 15 is 0 Å². The maximum Gasteiger partial charge on any atom is 0.333 e. The van der Waals surface area contributed by atoms with Crippen LogP contribution in [0.4, 0.5) is 0 Å². The van der Waals surface area contributed by atoms with Gasteiger partial charge < -0.3 is 28.4 Å². The molecule has 0 bridgehead atoms. The highest BCUT2D eigenvalue weighted by atomic mass is 16.6. The first-order valence-electron chi connectivity index (χ1n) is 10.2. The quantitative estimate of drug-likeness (QED) is 0.133. The Kier molecular flexibility index (Phi) is 14.9. The molecule has 0 heterocycles. The molecule has 0 radical (unpaired) electrons. The van der Waals surface area contributed by atoms with Gasteiger partial charge in [0.2, 0.25) is 0 Å². The first-order valence-corrected chi connectivity index (χ1v) is 10.2. The summed E-state index contributed by atoms with van der Waals surface area (Å²) in [5.41, 5.74) is 0.402. The normalized spacial score (nSPS) is 10.9. The van der Waals surface area contributed by atoms with Crippen molar-refractivity contribution in [2.24, 2.45) is 5.41 Å². The van der Waals surface area contributed by atoms with Gasteiger partial charge in [-0.2, -0.15) is 0 Å². The topological polar surface area (TPSA) is 107 Å². The van der Waals surface area contributed by atoms with Gasteiger partial charge in [0.25, 0.3) is 0 Å². The lowest BCUT2D eigenvalue weighted by Crippen LogP contribution is -2.35. The fourth-order valence-electron chi connectivity index (χ4n) is 2.03. The van der Waals surface area contributed by atoms with Crippen LogP contribution in [0.3, 0.4) is 0 Å². The molecular formula is C23H36O9. The van der Waals surface area contributed by atoms with Crippen LogP contribution in [0.2, 0.25) is 0 Å². The van der Waals surface area contributed by atoms with Crippen molar-refractivity contribution >= 4 is 17.9 Å². The van der Waals surface area contributed by atoms with Crippen molar-refractivity contribution in [3.05, 3.63) is 36.5 Å². The van der Waals surface area contributed by atoms with Gasteiger partial charge in [-0.3, -0.25) is 0 Å². The van der Waals surface area contributed by atoms with Crippen LogP contribution in [0, 0.1) is 5.41 Å². The van der Waals surface area contributed by atoms with Gasteiger partial charge in [0, 0.05) is 22.1 Å². The van der Waals surface area contributed by atoms with Gasteiger partial charge in [0.1, 0.15) is 19.8 Å². The second-order valence-electron chi connectivity index (χ2n) is 7.72. The van der Waals surface area contributed by atoms with E-state index in [1.165, 1.54) is 0 Å². The van der Waals surface area contributed by atoms with E-state index < -0.39 is 23.3 Å². The Morgan fingerprint density at radius 2 is 0.812 bits per heavy atom. The molecule has 9 heteroatoms. The molecule has 0 aromatic rings. The van der Waals surface area contributed by atoms with Gasteiger partial charge in [-0.1, -0.05) is 26.7 Å². The summed E-state index contributed by atoms with van der Waals surface area (Å²) < 4.78 is 31.8. The lowest BCUT2D eigenvalue weighted by molar-refractivity contribution is -0.142. The summed E-state index contributed by atoms with van der Waals surface area (Å²) in [7, 11) is 0. The largest absolute Gasteiger partial charge is 0.460 e. The van der Waals surface area contributed by atoms with Gasteiger partial charge in [0.15, 0.2) is 0 Å². The lowest BCUT2D eigenvalue weighted by Gasteiger charge is -2.29. The van der Waals surface area contributed by atoms with Gasteiger partial charge in [-0.15, -0.1) is 0 Å². The summed E-state index contributed by atoms with van der Waals surface area (Å²) in [6, 6.07) is 0. The van der Waals surface area contributed by atoms with E-state index in [0.29, 0.717) is 16.7 Å². The Balaban J connectivity index is 4.45. The number of carbonyl (C=O) groups excluding carboxylic acids is 3. The van der Waals surface area contributed by atoms with Crippen molar-refractivity contribution in [2.75, 3.05) is 59.5 Å². The van der Waals surface area contributed by atoms with Crippen LogP contribution in [0.15, 0.2) is 36.5 Å². The molecule has 0 saturated heterocycles. The molecule has 0 unspecified atom stereocenters. The van der Waals surface area contributed by atoms with Crippen molar-refractivity contribution in [1.82, 2.24) is 0 Å². The van der Waals surface area contributed by atoms with Crippen molar-refractivity contribution in [1.29, 1.82) is 0 Å². The van der Waals surface area contributed by atoms with Gasteiger partial charge in [-0.05, 0) is 20.8 Å². The third-order valence-electron chi connectivity index (χ3n) is 3.78. The predicted molar refractivity (Wildman–Crippen MR) is 118 cm³/mol. The third-order valence-corrected chi connectivity index (χ3v) is 3.78. The maximum atomic E-state index is 11.4. The minimum Gasteiger partial charge on any atom is -0.460 e. The fraction of sp³-hybridized carbons (Fsp3) is 0.609. The third kappa shape index (κ3) is 14.5. The Morgan fingerprint density at radius 1 is 0.562 bits per heavy atom. The SMILES string of the molecule is C=C(C)C(=O)OCCOCC(C)(COCCOC(=O)C(=C)C)COCCOC(=O)C(=C)C. The second kappa shape index (κ2) is 16.2. The number of carbonyl (C=O) groups is 3. The van der Waals surface area contributed by atoms with Crippen LogP contribution in [0.5, 0.6) is 0 Å². The first kappa shape index (κ1) is 29.5. The van der Waals surface area contributed by atoms with E-state index in [1.807, 2.05) is 6.92 Å². The molecular weight excluding hydrogens is 420 g/mol. The molecule has 0 aromatic carbocycles. The summed E-state index contributed by atoms with van der Waals surface area (Å²) in [5, 5.41) is 0. The highest BCUT2D eigenvalue weighted by Crippen LogP contribution is 2.18. The molecule has 0 aliphatic carbocycles. The Morgan fingerprint density at radius 3 is 1.03 bits per heavy atom. The summed E-state index contributed by atoms with van der Waals surface area (Å²) in [4.78, 5) is 34.2. The zero-order valence-corrected chi connectivity index (χ0v) is 19.7. The molecule has 9 nitrogen and oxygen atoms in total.